The molecule has 168 valence electrons. The summed E-state index contributed by atoms with van der Waals surface area (Å²) in [7, 11) is 0. The van der Waals surface area contributed by atoms with Crippen molar-refractivity contribution in [3.05, 3.63) is 106 Å². The quantitative estimate of drug-likeness (QED) is 0.393. The molecular formula is C29H30ClN3. The lowest BCUT2D eigenvalue weighted by molar-refractivity contribution is 0.281. The molecule has 0 saturated heterocycles. The highest BCUT2D eigenvalue weighted by atomic mass is 35.5. The fourth-order valence-electron chi connectivity index (χ4n) is 4.22. The molecule has 0 aliphatic carbocycles. The van der Waals surface area contributed by atoms with Crippen LogP contribution in [-0.4, -0.2) is 6.04 Å². The number of hydrogen-bond acceptors (Lipinski definition) is 3. The van der Waals surface area contributed by atoms with Gasteiger partial charge in [0.05, 0.1) is 29.2 Å². The van der Waals surface area contributed by atoms with Gasteiger partial charge in [0.25, 0.3) is 0 Å². The number of benzene rings is 3. The van der Waals surface area contributed by atoms with Crippen molar-refractivity contribution in [1.29, 1.82) is 10.5 Å². The van der Waals surface area contributed by atoms with Crippen LogP contribution < -0.4 is 5.32 Å². The van der Waals surface area contributed by atoms with E-state index in [1.54, 1.807) is 0 Å². The number of rotatable bonds is 8. The van der Waals surface area contributed by atoms with Gasteiger partial charge in [-0.25, -0.2) is 0 Å². The van der Waals surface area contributed by atoms with Crippen molar-refractivity contribution in [1.82, 2.24) is 5.32 Å². The van der Waals surface area contributed by atoms with Gasteiger partial charge < -0.3 is 5.32 Å². The van der Waals surface area contributed by atoms with Gasteiger partial charge in [0.2, 0.25) is 0 Å². The Bertz CT molecular complexity index is 1150. The van der Waals surface area contributed by atoms with Crippen molar-refractivity contribution in [3.8, 4) is 12.1 Å². The topological polar surface area (TPSA) is 59.6 Å². The average molecular weight is 456 g/mol. The van der Waals surface area contributed by atoms with E-state index in [1.807, 2.05) is 56.3 Å². The van der Waals surface area contributed by atoms with Crippen LogP contribution >= 0.6 is 11.6 Å². The molecular weight excluding hydrogens is 426 g/mol. The van der Waals surface area contributed by atoms with Crippen LogP contribution in [0.25, 0.3) is 0 Å². The van der Waals surface area contributed by atoms with Crippen LogP contribution in [0.2, 0.25) is 5.02 Å². The molecule has 0 radical (unpaired) electrons. The Morgan fingerprint density at radius 3 is 2.21 bits per heavy atom. The van der Waals surface area contributed by atoms with Gasteiger partial charge in [-0.05, 0) is 75.1 Å². The van der Waals surface area contributed by atoms with E-state index in [1.165, 1.54) is 11.1 Å². The van der Waals surface area contributed by atoms with Crippen molar-refractivity contribution >= 4 is 11.6 Å². The number of aryl methyl sites for hydroxylation is 1. The number of nitrogens with one attached hydrogen (secondary N) is 1. The summed E-state index contributed by atoms with van der Waals surface area (Å²) in [6.45, 7) is 8.17. The normalized spacial score (nSPS) is 14.0. The van der Waals surface area contributed by atoms with Crippen LogP contribution in [0.3, 0.4) is 0 Å². The highest BCUT2D eigenvalue weighted by Gasteiger charge is 2.34. The molecule has 3 atom stereocenters. The molecule has 33 heavy (non-hydrogen) atoms. The van der Waals surface area contributed by atoms with Gasteiger partial charge in [-0.3, -0.25) is 0 Å². The summed E-state index contributed by atoms with van der Waals surface area (Å²) in [6, 6.07) is 28.7. The lowest BCUT2D eigenvalue weighted by Crippen LogP contribution is -2.42. The Morgan fingerprint density at radius 2 is 1.61 bits per heavy atom. The molecule has 3 aromatic rings. The predicted octanol–water partition coefficient (Wildman–Crippen LogP) is 7.12. The molecule has 0 aliphatic heterocycles. The minimum Gasteiger partial charge on any atom is -0.305 e. The Labute approximate surface area is 202 Å². The van der Waals surface area contributed by atoms with Crippen LogP contribution in [0.5, 0.6) is 0 Å². The lowest BCUT2D eigenvalue weighted by atomic mass is 9.79. The SMILES string of the molecule is Cc1ccc(C(N[C@@H](C)[C@@H](Cc2ccc(Cl)cc2)c2cccc(C#N)c2)C(C)(C)C#N)cc1. The monoisotopic (exact) mass is 455 g/mol. The number of nitriles is 2. The third-order valence-corrected chi connectivity index (χ3v) is 6.52. The van der Waals surface area contributed by atoms with Crippen LogP contribution in [0.4, 0.5) is 0 Å². The summed E-state index contributed by atoms with van der Waals surface area (Å²) in [5.41, 5.74) is 4.59. The molecule has 3 aromatic carbocycles. The molecule has 1 N–H and O–H groups in total. The molecule has 4 heteroatoms. The fraction of sp³-hybridized carbons (Fsp3) is 0.310. The molecule has 0 bridgehead atoms. The van der Waals surface area contributed by atoms with Gasteiger partial charge in [0.1, 0.15) is 0 Å². The Balaban J connectivity index is 1.98. The minimum absolute atomic E-state index is 0.0357. The van der Waals surface area contributed by atoms with Crippen LogP contribution in [0.15, 0.2) is 72.8 Å². The van der Waals surface area contributed by atoms with Crippen molar-refractivity contribution in [2.45, 2.75) is 52.1 Å². The minimum atomic E-state index is -0.608. The van der Waals surface area contributed by atoms with E-state index in [0.29, 0.717) is 10.6 Å². The molecule has 0 heterocycles. The second kappa shape index (κ2) is 10.7. The molecule has 3 nitrogen and oxygen atoms in total. The van der Waals surface area contributed by atoms with Crippen LogP contribution in [0, 0.1) is 35.0 Å². The number of hydrogen-bond donors (Lipinski definition) is 1. The van der Waals surface area contributed by atoms with Gasteiger partial charge in [0, 0.05) is 17.0 Å². The Kier molecular flexibility index (Phi) is 7.93. The van der Waals surface area contributed by atoms with Crippen molar-refractivity contribution in [3.63, 3.8) is 0 Å². The molecule has 1 unspecified atom stereocenters. The maximum Gasteiger partial charge on any atom is 0.0991 e. The summed E-state index contributed by atoms with van der Waals surface area (Å²) >= 11 is 6.10. The first-order valence-corrected chi connectivity index (χ1v) is 11.6. The second-order valence-electron chi connectivity index (χ2n) is 9.31. The first kappa shape index (κ1) is 24.5. The van der Waals surface area contributed by atoms with E-state index in [2.05, 4.69) is 61.6 Å². The first-order chi connectivity index (χ1) is 15.7. The number of halogens is 1. The lowest BCUT2D eigenvalue weighted by Gasteiger charge is -2.36. The molecule has 0 fully saturated rings. The predicted molar refractivity (Wildman–Crippen MR) is 135 cm³/mol. The van der Waals surface area contributed by atoms with Gasteiger partial charge in [0.15, 0.2) is 0 Å². The summed E-state index contributed by atoms with van der Waals surface area (Å²) in [6.07, 6.45) is 0.786. The van der Waals surface area contributed by atoms with Gasteiger partial charge in [-0.2, -0.15) is 10.5 Å². The van der Waals surface area contributed by atoms with E-state index in [0.717, 1.165) is 17.5 Å². The second-order valence-corrected chi connectivity index (χ2v) is 9.74. The van der Waals surface area contributed by atoms with Crippen molar-refractivity contribution in [2.75, 3.05) is 0 Å². The highest BCUT2D eigenvalue weighted by molar-refractivity contribution is 6.30. The van der Waals surface area contributed by atoms with Crippen LogP contribution in [-0.2, 0) is 6.42 Å². The highest BCUT2D eigenvalue weighted by Crippen LogP contribution is 2.36. The summed E-state index contributed by atoms with van der Waals surface area (Å²) in [4.78, 5) is 0. The van der Waals surface area contributed by atoms with Gasteiger partial charge in [-0.15, -0.1) is 0 Å². The zero-order valence-electron chi connectivity index (χ0n) is 19.6. The van der Waals surface area contributed by atoms with Gasteiger partial charge in [-0.1, -0.05) is 65.7 Å². The zero-order valence-corrected chi connectivity index (χ0v) is 20.4. The van der Waals surface area contributed by atoms with Crippen molar-refractivity contribution < 1.29 is 0 Å². The molecule has 0 amide bonds. The van der Waals surface area contributed by atoms with E-state index in [9.17, 15) is 10.5 Å². The average Bonchev–Trinajstić information content (AvgIpc) is 2.82. The summed E-state index contributed by atoms with van der Waals surface area (Å²) in [5.74, 6) is 0.0990. The van der Waals surface area contributed by atoms with Gasteiger partial charge >= 0.3 is 0 Å². The molecule has 0 aliphatic rings. The summed E-state index contributed by atoms with van der Waals surface area (Å²) < 4.78 is 0. The van der Waals surface area contributed by atoms with E-state index < -0.39 is 5.41 Å². The maximum absolute atomic E-state index is 9.94. The smallest absolute Gasteiger partial charge is 0.0991 e. The molecule has 0 saturated carbocycles. The fourth-order valence-corrected chi connectivity index (χ4v) is 4.35. The zero-order chi connectivity index (χ0) is 24.0. The standard InChI is InChI=1S/C29H30ClN3/c1-20-8-12-24(13-9-20)28(29(3,4)19-32)33-21(2)27(17-22-10-14-26(30)15-11-22)25-7-5-6-23(16-25)18-31/h5-16,21,27-28,33H,17H2,1-4H3/t21-,27+,28?/m0/s1. The largest absolute Gasteiger partial charge is 0.305 e. The van der Waals surface area contributed by atoms with E-state index in [4.69, 9.17) is 11.6 Å². The third-order valence-electron chi connectivity index (χ3n) is 6.27. The van der Waals surface area contributed by atoms with E-state index in [-0.39, 0.29) is 18.0 Å². The molecule has 3 rings (SSSR count). The summed E-state index contributed by atoms with van der Waals surface area (Å²) in [5, 5.41) is 23.9. The first-order valence-electron chi connectivity index (χ1n) is 11.2. The van der Waals surface area contributed by atoms with Crippen molar-refractivity contribution in [2.24, 2.45) is 5.41 Å². The molecule has 0 aromatic heterocycles. The maximum atomic E-state index is 9.94. The third kappa shape index (κ3) is 6.23. The Hall–Kier alpha value is -3.11. The molecule has 0 spiro atoms. The Morgan fingerprint density at radius 1 is 0.939 bits per heavy atom. The van der Waals surface area contributed by atoms with E-state index >= 15 is 0 Å². The van der Waals surface area contributed by atoms with Crippen LogP contribution in [0.1, 0.15) is 60.5 Å². The number of nitrogens with zero attached hydrogens (tertiary/aromatic N) is 2.